The smallest absolute Gasteiger partial charge is 0.253 e. The molecule has 1 fully saturated rings. The number of carbonyl (C=O) groups is 1. The first-order chi connectivity index (χ1) is 7.31. The Hall–Kier alpha value is -1.06. The molecule has 1 aliphatic rings. The molecule has 1 heterocycles. The van der Waals surface area contributed by atoms with Crippen LogP contribution in [0.5, 0.6) is 0 Å². The summed E-state index contributed by atoms with van der Waals surface area (Å²) in [4.78, 5) is 13.9. The van der Waals surface area contributed by atoms with Crippen LogP contribution in [0.2, 0.25) is 0 Å². The Morgan fingerprint density at radius 1 is 1.38 bits per heavy atom. The van der Waals surface area contributed by atoms with Gasteiger partial charge in [-0.2, -0.15) is 0 Å². The van der Waals surface area contributed by atoms with Crippen molar-refractivity contribution >= 4 is 18.3 Å². The summed E-state index contributed by atoms with van der Waals surface area (Å²) >= 11 is 0. The van der Waals surface area contributed by atoms with E-state index in [0.717, 1.165) is 25.1 Å². The lowest BCUT2D eigenvalue weighted by Gasteiger charge is -2.16. The van der Waals surface area contributed by atoms with E-state index < -0.39 is 0 Å². The number of carbonyl (C=O) groups excluding carboxylic acids is 1. The van der Waals surface area contributed by atoms with E-state index >= 15 is 0 Å². The molecular formula is C12H17ClN2O. The second-order valence-electron chi connectivity index (χ2n) is 4.01. The van der Waals surface area contributed by atoms with Crippen LogP contribution in [0.1, 0.15) is 16.8 Å². The average Bonchev–Trinajstić information content (AvgIpc) is 2.78. The number of benzene rings is 1. The Kier molecular flexibility index (Phi) is 4.77. The molecule has 1 saturated heterocycles. The van der Waals surface area contributed by atoms with Crippen LogP contribution in [0, 0.1) is 5.92 Å². The summed E-state index contributed by atoms with van der Waals surface area (Å²) in [6.07, 6.45) is 1.04. The van der Waals surface area contributed by atoms with E-state index in [1.165, 1.54) is 0 Å². The van der Waals surface area contributed by atoms with Gasteiger partial charge in [-0.05, 0) is 31.0 Å². The number of nitrogens with zero attached hydrogens (tertiary/aromatic N) is 1. The third-order valence-corrected chi connectivity index (χ3v) is 2.93. The highest BCUT2D eigenvalue weighted by Gasteiger charge is 2.25. The van der Waals surface area contributed by atoms with E-state index in [-0.39, 0.29) is 18.3 Å². The topological polar surface area (TPSA) is 46.3 Å². The van der Waals surface area contributed by atoms with Crippen LogP contribution in [0.3, 0.4) is 0 Å². The fourth-order valence-electron chi connectivity index (χ4n) is 1.97. The molecule has 3 nitrogen and oxygen atoms in total. The van der Waals surface area contributed by atoms with Crippen molar-refractivity contribution in [2.75, 3.05) is 19.6 Å². The van der Waals surface area contributed by atoms with Gasteiger partial charge in [0.25, 0.3) is 5.91 Å². The van der Waals surface area contributed by atoms with Gasteiger partial charge < -0.3 is 10.6 Å². The van der Waals surface area contributed by atoms with Gasteiger partial charge in [0.15, 0.2) is 0 Å². The SMILES string of the molecule is Cl.NCC1CCN(C(=O)c2ccccc2)C1. The highest BCUT2D eigenvalue weighted by molar-refractivity contribution is 5.94. The highest BCUT2D eigenvalue weighted by atomic mass is 35.5. The van der Waals surface area contributed by atoms with E-state index in [1.54, 1.807) is 0 Å². The molecule has 0 aromatic heterocycles. The maximum absolute atomic E-state index is 12.0. The summed E-state index contributed by atoms with van der Waals surface area (Å²) in [6.45, 7) is 2.33. The zero-order valence-corrected chi connectivity index (χ0v) is 9.95. The molecule has 4 heteroatoms. The summed E-state index contributed by atoms with van der Waals surface area (Å²) < 4.78 is 0. The van der Waals surface area contributed by atoms with Crippen LogP contribution in [0.4, 0.5) is 0 Å². The quantitative estimate of drug-likeness (QED) is 0.852. The number of halogens is 1. The van der Waals surface area contributed by atoms with Crippen LogP contribution in [-0.2, 0) is 0 Å². The minimum absolute atomic E-state index is 0. The van der Waals surface area contributed by atoms with Crippen molar-refractivity contribution in [2.45, 2.75) is 6.42 Å². The number of amides is 1. The maximum atomic E-state index is 12.0. The van der Waals surface area contributed by atoms with Crippen LogP contribution in [0.15, 0.2) is 30.3 Å². The minimum Gasteiger partial charge on any atom is -0.338 e. The summed E-state index contributed by atoms with van der Waals surface area (Å²) in [7, 11) is 0. The fraction of sp³-hybridized carbons (Fsp3) is 0.417. The Balaban J connectivity index is 0.00000128. The number of nitrogens with two attached hydrogens (primary N) is 1. The van der Waals surface area contributed by atoms with E-state index in [4.69, 9.17) is 5.73 Å². The van der Waals surface area contributed by atoms with Gasteiger partial charge >= 0.3 is 0 Å². The van der Waals surface area contributed by atoms with Crippen LogP contribution >= 0.6 is 12.4 Å². The molecule has 1 amide bonds. The molecule has 1 unspecified atom stereocenters. The molecule has 0 bridgehead atoms. The number of hydrogen-bond donors (Lipinski definition) is 1. The summed E-state index contributed by atoms with van der Waals surface area (Å²) in [5, 5.41) is 0. The summed E-state index contributed by atoms with van der Waals surface area (Å²) in [5.74, 6) is 0.615. The van der Waals surface area contributed by atoms with Crippen molar-refractivity contribution in [1.82, 2.24) is 4.90 Å². The van der Waals surface area contributed by atoms with E-state index in [1.807, 2.05) is 35.2 Å². The molecule has 2 N–H and O–H groups in total. The number of likely N-dealkylation sites (tertiary alicyclic amines) is 1. The van der Waals surface area contributed by atoms with Crippen LogP contribution in [-0.4, -0.2) is 30.4 Å². The molecule has 2 rings (SSSR count). The molecule has 1 aromatic rings. The lowest BCUT2D eigenvalue weighted by molar-refractivity contribution is 0.0787. The van der Waals surface area contributed by atoms with Crippen molar-refractivity contribution in [2.24, 2.45) is 11.7 Å². The van der Waals surface area contributed by atoms with Crippen molar-refractivity contribution < 1.29 is 4.79 Å². The molecule has 0 radical (unpaired) electrons. The Morgan fingerprint density at radius 3 is 2.62 bits per heavy atom. The van der Waals surface area contributed by atoms with Gasteiger partial charge in [-0.25, -0.2) is 0 Å². The lowest BCUT2D eigenvalue weighted by atomic mass is 10.1. The lowest BCUT2D eigenvalue weighted by Crippen LogP contribution is -2.29. The first kappa shape index (κ1) is 13.0. The van der Waals surface area contributed by atoms with Crippen molar-refractivity contribution in [1.29, 1.82) is 0 Å². The predicted molar refractivity (Wildman–Crippen MR) is 66.8 cm³/mol. The molecule has 0 saturated carbocycles. The average molecular weight is 241 g/mol. The number of rotatable bonds is 2. The molecule has 1 aliphatic heterocycles. The first-order valence-corrected chi connectivity index (χ1v) is 5.35. The Labute approximate surface area is 102 Å². The molecule has 1 aromatic carbocycles. The van der Waals surface area contributed by atoms with E-state index in [9.17, 15) is 4.79 Å². The molecular weight excluding hydrogens is 224 g/mol. The third-order valence-electron chi connectivity index (χ3n) is 2.93. The largest absolute Gasteiger partial charge is 0.338 e. The molecule has 1 atom stereocenters. The predicted octanol–water partition coefficient (Wildman–Crippen LogP) is 1.53. The third kappa shape index (κ3) is 2.74. The normalized spacial score (nSPS) is 19.3. The van der Waals surface area contributed by atoms with Gasteiger partial charge in [0.1, 0.15) is 0 Å². The molecule has 0 spiro atoms. The van der Waals surface area contributed by atoms with Gasteiger partial charge in [0.2, 0.25) is 0 Å². The van der Waals surface area contributed by atoms with E-state index in [2.05, 4.69) is 0 Å². The minimum atomic E-state index is 0. The number of hydrogen-bond acceptors (Lipinski definition) is 2. The van der Waals surface area contributed by atoms with E-state index in [0.29, 0.717) is 12.5 Å². The first-order valence-electron chi connectivity index (χ1n) is 5.35. The molecule has 88 valence electrons. The molecule has 0 aliphatic carbocycles. The maximum Gasteiger partial charge on any atom is 0.253 e. The van der Waals surface area contributed by atoms with Crippen molar-refractivity contribution in [3.8, 4) is 0 Å². The molecule has 16 heavy (non-hydrogen) atoms. The zero-order valence-electron chi connectivity index (χ0n) is 9.13. The van der Waals surface area contributed by atoms with Gasteiger partial charge in [0, 0.05) is 18.7 Å². The Morgan fingerprint density at radius 2 is 2.06 bits per heavy atom. The zero-order chi connectivity index (χ0) is 10.7. The van der Waals surface area contributed by atoms with Gasteiger partial charge in [-0.15, -0.1) is 12.4 Å². The van der Waals surface area contributed by atoms with Gasteiger partial charge in [-0.1, -0.05) is 18.2 Å². The standard InChI is InChI=1S/C12H16N2O.ClH/c13-8-10-6-7-14(9-10)12(15)11-4-2-1-3-5-11;/h1-5,10H,6-9,13H2;1H. The van der Waals surface area contributed by atoms with Crippen LogP contribution in [0.25, 0.3) is 0 Å². The van der Waals surface area contributed by atoms with Gasteiger partial charge in [0.05, 0.1) is 0 Å². The van der Waals surface area contributed by atoms with Crippen molar-refractivity contribution in [3.63, 3.8) is 0 Å². The fourth-order valence-corrected chi connectivity index (χ4v) is 1.97. The Bertz CT molecular complexity index is 342. The van der Waals surface area contributed by atoms with Gasteiger partial charge in [-0.3, -0.25) is 4.79 Å². The summed E-state index contributed by atoms with van der Waals surface area (Å²) in [5.41, 5.74) is 6.37. The summed E-state index contributed by atoms with van der Waals surface area (Å²) in [6, 6.07) is 9.42. The highest BCUT2D eigenvalue weighted by Crippen LogP contribution is 2.17. The van der Waals surface area contributed by atoms with Crippen molar-refractivity contribution in [3.05, 3.63) is 35.9 Å². The second kappa shape index (κ2) is 5.87. The monoisotopic (exact) mass is 240 g/mol. The second-order valence-corrected chi connectivity index (χ2v) is 4.01. The van der Waals surface area contributed by atoms with Crippen LogP contribution < -0.4 is 5.73 Å².